The van der Waals surface area contributed by atoms with Crippen LogP contribution in [-0.2, 0) is 4.74 Å². The average Bonchev–Trinajstić information content (AvgIpc) is 2.39. The summed E-state index contributed by atoms with van der Waals surface area (Å²) in [5.41, 5.74) is 0. The monoisotopic (exact) mass is 255 g/mol. The SMILES string of the molecule is CCN1CCOC(CN2CCNCC2C(C)C)C1. The molecule has 0 aromatic carbocycles. The van der Waals surface area contributed by atoms with Gasteiger partial charge in [-0.2, -0.15) is 0 Å². The largest absolute Gasteiger partial charge is 0.374 e. The lowest BCUT2D eigenvalue weighted by molar-refractivity contribution is -0.0524. The van der Waals surface area contributed by atoms with Crippen molar-refractivity contribution in [1.29, 1.82) is 0 Å². The Hall–Kier alpha value is -0.160. The molecule has 4 nitrogen and oxygen atoms in total. The van der Waals surface area contributed by atoms with Crippen LogP contribution in [0.15, 0.2) is 0 Å². The lowest BCUT2D eigenvalue weighted by Gasteiger charge is -2.42. The minimum atomic E-state index is 0.401. The molecule has 2 heterocycles. The summed E-state index contributed by atoms with van der Waals surface area (Å²) in [6.45, 7) is 15.6. The smallest absolute Gasteiger partial charge is 0.0829 e. The van der Waals surface area contributed by atoms with E-state index in [0.29, 0.717) is 18.1 Å². The molecule has 0 bridgehead atoms. The van der Waals surface area contributed by atoms with Crippen molar-refractivity contribution in [3.05, 3.63) is 0 Å². The van der Waals surface area contributed by atoms with Crippen LogP contribution in [0.5, 0.6) is 0 Å². The molecule has 0 amide bonds. The molecule has 0 aliphatic carbocycles. The summed E-state index contributed by atoms with van der Waals surface area (Å²) in [4.78, 5) is 5.13. The predicted octanol–water partition coefficient (Wildman–Crippen LogP) is 0.637. The Bertz CT molecular complexity index is 247. The summed E-state index contributed by atoms with van der Waals surface area (Å²) in [5, 5.41) is 3.51. The molecule has 106 valence electrons. The molecule has 0 saturated carbocycles. The molecule has 18 heavy (non-hydrogen) atoms. The van der Waals surface area contributed by atoms with Crippen LogP contribution in [0.3, 0.4) is 0 Å². The van der Waals surface area contributed by atoms with Gasteiger partial charge in [-0.3, -0.25) is 9.80 Å². The summed E-state index contributed by atoms with van der Waals surface area (Å²) in [6, 6.07) is 0.666. The number of hydrogen-bond acceptors (Lipinski definition) is 4. The fourth-order valence-corrected chi connectivity index (χ4v) is 3.09. The van der Waals surface area contributed by atoms with Crippen LogP contribution in [-0.4, -0.2) is 74.4 Å². The van der Waals surface area contributed by atoms with E-state index < -0.39 is 0 Å². The second kappa shape index (κ2) is 6.85. The molecule has 1 N–H and O–H groups in total. The molecule has 0 radical (unpaired) electrons. The average molecular weight is 255 g/mol. The fourth-order valence-electron chi connectivity index (χ4n) is 3.09. The van der Waals surface area contributed by atoms with Gasteiger partial charge in [-0.1, -0.05) is 20.8 Å². The van der Waals surface area contributed by atoms with Gasteiger partial charge < -0.3 is 10.1 Å². The van der Waals surface area contributed by atoms with E-state index in [2.05, 4.69) is 35.9 Å². The lowest BCUT2D eigenvalue weighted by atomic mass is 10.00. The van der Waals surface area contributed by atoms with Crippen molar-refractivity contribution in [1.82, 2.24) is 15.1 Å². The van der Waals surface area contributed by atoms with Crippen molar-refractivity contribution in [2.45, 2.75) is 32.9 Å². The van der Waals surface area contributed by atoms with E-state index in [1.165, 1.54) is 0 Å². The lowest BCUT2D eigenvalue weighted by Crippen LogP contribution is -2.57. The number of likely N-dealkylation sites (N-methyl/N-ethyl adjacent to an activating group) is 1. The second-order valence-corrected chi connectivity index (χ2v) is 5.90. The highest BCUT2D eigenvalue weighted by Crippen LogP contribution is 2.15. The molecule has 2 aliphatic rings. The van der Waals surface area contributed by atoms with Gasteiger partial charge in [0.1, 0.15) is 0 Å². The van der Waals surface area contributed by atoms with Gasteiger partial charge in [0.25, 0.3) is 0 Å². The molecule has 0 spiro atoms. The maximum Gasteiger partial charge on any atom is 0.0829 e. The zero-order chi connectivity index (χ0) is 13.0. The summed E-state index contributed by atoms with van der Waals surface area (Å²) in [5.74, 6) is 0.712. The number of ether oxygens (including phenoxy) is 1. The van der Waals surface area contributed by atoms with Gasteiger partial charge in [-0.15, -0.1) is 0 Å². The standard InChI is InChI=1S/C14H29N3O/c1-4-16-7-8-18-13(10-16)11-17-6-5-15-9-14(17)12(2)3/h12-15H,4-11H2,1-3H3. The third-order valence-electron chi connectivity index (χ3n) is 4.28. The Morgan fingerprint density at radius 2 is 2.17 bits per heavy atom. The predicted molar refractivity (Wildman–Crippen MR) is 74.9 cm³/mol. The van der Waals surface area contributed by atoms with Crippen LogP contribution in [0.2, 0.25) is 0 Å². The highest BCUT2D eigenvalue weighted by molar-refractivity contribution is 4.85. The van der Waals surface area contributed by atoms with E-state index in [1.54, 1.807) is 0 Å². The maximum atomic E-state index is 5.94. The summed E-state index contributed by atoms with van der Waals surface area (Å²) in [6.07, 6.45) is 0.401. The van der Waals surface area contributed by atoms with Gasteiger partial charge in [0.15, 0.2) is 0 Å². The molecule has 4 heteroatoms. The topological polar surface area (TPSA) is 27.7 Å². The first-order chi connectivity index (χ1) is 8.70. The Labute approximate surface area is 112 Å². The van der Waals surface area contributed by atoms with Crippen LogP contribution in [0.25, 0.3) is 0 Å². The van der Waals surface area contributed by atoms with Crippen molar-refractivity contribution in [2.24, 2.45) is 5.92 Å². The first-order valence-electron chi connectivity index (χ1n) is 7.49. The highest BCUT2D eigenvalue weighted by Gasteiger charge is 2.29. The first-order valence-corrected chi connectivity index (χ1v) is 7.49. The zero-order valence-electron chi connectivity index (χ0n) is 12.2. The third-order valence-corrected chi connectivity index (χ3v) is 4.28. The normalized spacial score (nSPS) is 32.0. The number of morpholine rings is 1. The van der Waals surface area contributed by atoms with E-state index in [9.17, 15) is 0 Å². The van der Waals surface area contributed by atoms with Crippen molar-refractivity contribution in [3.8, 4) is 0 Å². The molecule has 2 aliphatic heterocycles. The van der Waals surface area contributed by atoms with E-state index >= 15 is 0 Å². The van der Waals surface area contributed by atoms with E-state index in [0.717, 1.165) is 52.4 Å². The van der Waals surface area contributed by atoms with Gasteiger partial charge in [-0.05, 0) is 12.5 Å². The Balaban J connectivity index is 1.86. The highest BCUT2D eigenvalue weighted by atomic mass is 16.5. The number of nitrogens with zero attached hydrogens (tertiary/aromatic N) is 2. The Morgan fingerprint density at radius 1 is 1.33 bits per heavy atom. The van der Waals surface area contributed by atoms with Crippen molar-refractivity contribution >= 4 is 0 Å². The summed E-state index contributed by atoms with van der Waals surface area (Å²) < 4.78 is 5.94. The van der Waals surface area contributed by atoms with Gasteiger partial charge in [-0.25, -0.2) is 0 Å². The summed E-state index contributed by atoms with van der Waals surface area (Å²) in [7, 11) is 0. The number of rotatable bonds is 4. The summed E-state index contributed by atoms with van der Waals surface area (Å²) >= 11 is 0. The van der Waals surface area contributed by atoms with Crippen LogP contribution in [0.1, 0.15) is 20.8 Å². The van der Waals surface area contributed by atoms with Crippen LogP contribution in [0, 0.1) is 5.92 Å². The van der Waals surface area contributed by atoms with Crippen molar-refractivity contribution in [2.75, 3.05) is 52.4 Å². The van der Waals surface area contributed by atoms with E-state index in [1.807, 2.05) is 0 Å². The van der Waals surface area contributed by atoms with Gasteiger partial charge in [0, 0.05) is 45.3 Å². The molecular formula is C14H29N3O. The molecule has 0 aromatic rings. The molecule has 0 aromatic heterocycles. The molecule has 2 rings (SSSR count). The quantitative estimate of drug-likeness (QED) is 0.798. The van der Waals surface area contributed by atoms with Gasteiger partial charge in [0.2, 0.25) is 0 Å². The van der Waals surface area contributed by atoms with Crippen LogP contribution >= 0.6 is 0 Å². The van der Waals surface area contributed by atoms with Gasteiger partial charge in [0.05, 0.1) is 12.7 Å². The molecule has 2 unspecified atom stereocenters. The molecule has 2 atom stereocenters. The maximum absolute atomic E-state index is 5.94. The third kappa shape index (κ3) is 3.67. The van der Waals surface area contributed by atoms with Crippen LogP contribution < -0.4 is 5.32 Å². The minimum Gasteiger partial charge on any atom is -0.374 e. The van der Waals surface area contributed by atoms with Crippen molar-refractivity contribution < 1.29 is 4.74 Å². The van der Waals surface area contributed by atoms with E-state index in [-0.39, 0.29) is 0 Å². The first kappa shape index (κ1) is 14.3. The Kier molecular flexibility index (Phi) is 5.42. The minimum absolute atomic E-state index is 0.401. The second-order valence-electron chi connectivity index (χ2n) is 5.90. The molecule has 2 saturated heterocycles. The van der Waals surface area contributed by atoms with Gasteiger partial charge >= 0.3 is 0 Å². The fraction of sp³-hybridized carbons (Fsp3) is 1.00. The van der Waals surface area contributed by atoms with E-state index in [4.69, 9.17) is 4.74 Å². The number of hydrogen-bond donors (Lipinski definition) is 1. The van der Waals surface area contributed by atoms with Crippen LogP contribution in [0.4, 0.5) is 0 Å². The zero-order valence-corrected chi connectivity index (χ0v) is 12.2. The number of piperazine rings is 1. The molecular weight excluding hydrogens is 226 g/mol. The number of nitrogens with one attached hydrogen (secondary N) is 1. The molecule has 2 fully saturated rings. The Morgan fingerprint density at radius 3 is 2.89 bits per heavy atom. The van der Waals surface area contributed by atoms with Crippen molar-refractivity contribution in [3.63, 3.8) is 0 Å².